The maximum absolute atomic E-state index is 10.9. The first kappa shape index (κ1) is 12.8. The van der Waals surface area contributed by atoms with Crippen LogP contribution >= 0.6 is 0 Å². The van der Waals surface area contributed by atoms with E-state index < -0.39 is 6.09 Å². The summed E-state index contributed by atoms with van der Waals surface area (Å²) >= 11 is 0. The molecule has 0 heterocycles. The summed E-state index contributed by atoms with van der Waals surface area (Å²) in [5.74, 6) is 2.43. The molecule has 14 heavy (non-hydrogen) atoms. The molecule has 0 aromatic heterocycles. The Kier molecular flexibility index (Phi) is 5.03. The van der Waals surface area contributed by atoms with Crippen LogP contribution in [0.3, 0.4) is 0 Å². The van der Waals surface area contributed by atoms with Gasteiger partial charge in [-0.25, -0.2) is 4.79 Å². The van der Waals surface area contributed by atoms with Gasteiger partial charge in [0, 0.05) is 18.6 Å². The van der Waals surface area contributed by atoms with E-state index in [-0.39, 0.29) is 5.54 Å². The first-order valence-electron chi connectivity index (χ1n) is 4.54. The molecule has 1 amide bonds. The molecule has 4 heteroatoms. The number of nitrogens with one attached hydrogen (secondary N) is 1. The minimum absolute atomic E-state index is 0.371. The number of amides is 1. The summed E-state index contributed by atoms with van der Waals surface area (Å²) in [7, 11) is 0. The van der Waals surface area contributed by atoms with Crippen molar-refractivity contribution in [2.24, 2.45) is 0 Å². The first-order chi connectivity index (χ1) is 6.39. The minimum Gasteiger partial charge on any atom is -0.465 e. The molecule has 0 saturated carbocycles. The Balaban J connectivity index is 4.01. The van der Waals surface area contributed by atoms with Gasteiger partial charge in [-0.05, 0) is 20.8 Å². The molecule has 0 aromatic carbocycles. The van der Waals surface area contributed by atoms with Gasteiger partial charge in [0.25, 0.3) is 0 Å². The van der Waals surface area contributed by atoms with Crippen LogP contribution in [0.2, 0.25) is 0 Å². The molecule has 2 N–H and O–H groups in total. The second-order valence-electron chi connectivity index (χ2n) is 3.99. The highest BCUT2D eigenvalue weighted by atomic mass is 16.4. The Bertz CT molecular complexity index is 225. The SMILES string of the molecule is C#CCNCCN(C(=O)O)C(C)(C)C. The minimum atomic E-state index is -0.903. The highest BCUT2D eigenvalue weighted by Gasteiger charge is 2.24. The van der Waals surface area contributed by atoms with Crippen LogP contribution < -0.4 is 5.32 Å². The van der Waals surface area contributed by atoms with E-state index in [2.05, 4.69) is 11.2 Å². The highest BCUT2D eigenvalue weighted by molar-refractivity contribution is 5.65. The molecule has 0 rings (SSSR count). The monoisotopic (exact) mass is 198 g/mol. The zero-order valence-corrected chi connectivity index (χ0v) is 9.00. The third kappa shape index (κ3) is 4.73. The normalized spacial score (nSPS) is 10.7. The number of terminal acetylenes is 1. The lowest BCUT2D eigenvalue weighted by molar-refractivity contribution is 0.101. The molecule has 0 saturated heterocycles. The third-order valence-electron chi connectivity index (χ3n) is 1.78. The molecule has 0 aliphatic carbocycles. The van der Waals surface area contributed by atoms with Crippen LogP contribution in [0.1, 0.15) is 20.8 Å². The highest BCUT2D eigenvalue weighted by Crippen LogP contribution is 2.12. The van der Waals surface area contributed by atoms with E-state index in [0.717, 1.165) is 0 Å². The molecule has 80 valence electrons. The van der Waals surface area contributed by atoms with Crippen LogP contribution in [-0.4, -0.2) is 41.3 Å². The van der Waals surface area contributed by atoms with Crippen LogP contribution in [0.25, 0.3) is 0 Å². The molecule has 0 spiro atoms. The van der Waals surface area contributed by atoms with Gasteiger partial charge >= 0.3 is 6.09 Å². The number of rotatable bonds is 4. The summed E-state index contributed by atoms with van der Waals surface area (Å²) in [5.41, 5.74) is -0.371. The Morgan fingerprint density at radius 3 is 2.50 bits per heavy atom. The zero-order valence-electron chi connectivity index (χ0n) is 9.00. The smallest absolute Gasteiger partial charge is 0.407 e. The molecule has 0 radical (unpaired) electrons. The summed E-state index contributed by atoms with van der Waals surface area (Å²) in [6, 6.07) is 0. The van der Waals surface area contributed by atoms with Crippen molar-refractivity contribution in [3.8, 4) is 12.3 Å². The Labute approximate surface area is 85.3 Å². The van der Waals surface area contributed by atoms with Crippen molar-refractivity contribution in [1.29, 1.82) is 0 Å². The van der Waals surface area contributed by atoms with Gasteiger partial charge in [0.2, 0.25) is 0 Å². The Hall–Kier alpha value is -1.21. The molecule has 0 aliphatic heterocycles. The zero-order chi connectivity index (χ0) is 11.2. The number of carboxylic acid groups (broad SMARTS) is 1. The standard InChI is InChI=1S/C10H18N2O2/c1-5-6-11-7-8-12(9(13)14)10(2,3)4/h1,11H,6-8H2,2-4H3,(H,13,14). The van der Waals surface area contributed by atoms with E-state index in [0.29, 0.717) is 19.6 Å². The van der Waals surface area contributed by atoms with Gasteiger partial charge in [-0.2, -0.15) is 0 Å². The molecule has 0 bridgehead atoms. The van der Waals surface area contributed by atoms with Crippen LogP contribution in [0, 0.1) is 12.3 Å². The van der Waals surface area contributed by atoms with Crippen LogP contribution in [0.5, 0.6) is 0 Å². The Morgan fingerprint density at radius 2 is 2.14 bits per heavy atom. The second-order valence-corrected chi connectivity index (χ2v) is 3.99. The lowest BCUT2D eigenvalue weighted by atomic mass is 10.1. The lowest BCUT2D eigenvalue weighted by Crippen LogP contribution is -2.47. The average molecular weight is 198 g/mol. The fourth-order valence-electron chi connectivity index (χ4n) is 1.07. The van der Waals surface area contributed by atoms with Crippen molar-refractivity contribution in [3.63, 3.8) is 0 Å². The number of hydrogen-bond acceptors (Lipinski definition) is 2. The Morgan fingerprint density at radius 1 is 1.57 bits per heavy atom. The molecule has 0 unspecified atom stereocenters. The van der Waals surface area contributed by atoms with Gasteiger partial charge in [-0.3, -0.25) is 0 Å². The van der Waals surface area contributed by atoms with E-state index in [1.165, 1.54) is 4.90 Å². The topological polar surface area (TPSA) is 52.6 Å². The van der Waals surface area contributed by atoms with Crippen LogP contribution in [-0.2, 0) is 0 Å². The van der Waals surface area contributed by atoms with Crippen LogP contribution in [0.4, 0.5) is 4.79 Å². The molecule has 0 aromatic rings. The van der Waals surface area contributed by atoms with E-state index in [4.69, 9.17) is 11.5 Å². The quantitative estimate of drug-likeness (QED) is 0.523. The van der Waals surface area contributed by atoms with Crippen LogP contribution in [0.15, 0.2) is 0 Å². The van der Waals surface area contributed by atoms with E-state index in [9.17, 15) is 4.79 Å². The predicted molar refractivity (Wildman–Crippen MR) is 56.2 cm³/mol. The van der Waals surface area contributed by atoms with Gasteiger partial charge in [-0.1, -0.05) is 5.92 Å². The maximum atomic E-state index is 10.9. The second kappa shape index (κ2) is 5.51. The van der Waals surface area contributed by atoms with E-state index >= 15 is 0 Å². The summed E-state index contributed by atoms with van der Waals surface area (Å²) in [5, 5.41) is 11.9. The molecule has 0 fully saturated rings. The fraction of sp³-hybridized carbons (Fsp3) is 0.700. The molecular formula is C10H18N2O2. The van der Waals surface area contributed by atoms with E-state index in [1.54, 1.807) is 0 Å². The summed E-state index contributed by atoms with van der Waals surface area (Å²) in [6.07, 6.45) is 4.15. The van der Waals surface area contributed by atoms with Gasteiger partial charge in [0.05, 0.1) is 6.54 Å². The molecular weight excluding hydrogens is 180 g/mol. The summed E-state index contributed by atoms with van der Waals surface area (Å²) in [6.45, 7) is 7.08. The van der Waals surface area contributed by atoms with Crippen molar-refractivity contribution in [2.75, 3.05) is 19.6 Å². The van der Waals surface area contributed by atoms with Gasteiger partial charge in [0.15, 0.2) is 0 Å². The summed E-state index contributed by atoms with van der Waals surface area (Å²) < 4.78 is 0. The molecule has 0 aliphatic rings. The molecule has 4 nitrogen and oxygen atoms in total. The lowest BCUT2D eigenvalue weighted by Gasteiger charge is -2.33. The summed E-state index contributed by atoms with van der Waals surface area (Å²) in [4.78, 5) is 12.3. The van der Waals surface area contributed by atoms with Crippen molar-refractivity contribution in [2.45, 2.75) is 26.3 Å². The van der Waals surface area contributed by atoms with Crippen molar-refractivity contribution in [3.05, 3.63) is 0 Å². The van der Waals surface area contributed by atoms with E-state index in [1.807, 2.05) is 20.8 Å². The van der Waals surface area contributed by atoms with Crippen molar-refractivity contribution in [1.82, 2.24) is 10.2 Å². The van der Waals surface area contributed by atoms with Crippen molar-refractivity contribution < 1.29 is 9.90 Å². The van der Waals surface area contributed by atoms with Crippen molar-refractivity contribution >= 4 is 6.09 Å². The predicted octanol–water partition coefficient (Wildman–Crippen LogP) is 0.988. The average Bonchev–Trinajstić information content (AvgIpc) is 2.01. The fourth-order valence-corrected chi connectivity index (χ4v) is 1.07. The van der Waals surface area contributed by atoms with Gasteiger partial charge in [0.1, 0.15) is 0 Å². The maximum Gasteiger partial charge on any atom is 0.407 e. The number of nitrogens with zero attached hydrogens (tertiary/aromatic N) is 1. The first-order valence-corrected chi connectivity index (χ1v) is 4.54. The number of carbonyl (C=O) groups is 1. The third-order valence-corrected chi connectivity index (χ3v) is 1.78. The number of hydrogen-bond donors (Lipinski definition) is 2. The van der Waals surface area contributed by atoms with Gasteiger partial charge in [-0.15, -0.1) is 6.42 Å². The largest absolute Gasteiger partial charge is 0.465 e. The molecule has 0 atom stereocenters. The van der Waals surface area contributed by atoms with Gasteiger partial charge < -0.3 is 15.3 Å².